The lowest BCUT2D eigenvalue weighted by Crippen LogP contribution is -2.44. The van der Waals surface area contributed by atoms with Crippen LogP contribution in [0.3, 0.4) is 0 Å². The maximum atomic E-state index is 13.5. The fourth-order valence-electron chi connectivity index (χ4n) is 4.78. The van der Waals surface area contributed by atoms with Gasteiger partial charge in [0.05, 0.1) is 24.8 Å². The van der Waals surface area contributed by atoms with Gasteiger partial charge in [0, 0.05) is 17.6 Å². The number of anilines is 1. The number of hydrogen-bond acceptors (Lipinski definition) is 5. The number of methoxy groups -OCH3 is 1. The number of hydrogen-bond donors (Lipinski definition) is 0. The molecule has 0 bridgehead atoms. The van der Waals surface area contributed by atoms with Crippen LogP contribution in [0.25, 0.3) is 0 Å². The predicted molar refractivity (Wildman–Crippen MR) is 108 cm³/mol. The van der Waals surface area contributed by atoms with Crippen molar-refractivity contribution in [3.8, 4) is 5.75 Å². The van der Waals surface area contributed by atoms with Gasteiger partial charge in [0.1, 0.15) is 11.8 Å². The van der Waals surface area contributed by atoms with Gasteiger partial charge in [0.15, 0.2) is 0 Å². The molecule has 7 heteroatoms. The number of hydrazine groups is 1. The number of amides is 2. The van der Waals surface area contributed by atoms with Crippen molar-refractivity contribution >= 4 is 33.4 Å². The van der Waals surface area contributed by atoms with Crippen molar-refractivity contribution in [1.29, 1.82) is 0 Å². The summed E-state index contributed by atoms with van der Waals surface area (Å²) in [6, 6.07) is 14.6. The van der Waals surface area contributed by atoms with Crippen molar-refractivity contribution in [1.82, 2.24) is 10.0 Å². The summed E-state index contributed by atoms with van der Waals surface area (Å²) >= 11 is 3.49. The van der Waals surface area contributed by atoms with Crippen LogP contribution in [0.15, 0.2) is 53.0 Å². The molecule has 28 heavy (non-hydrogen) atoms. The summed E-state index contributed by atoms with van der Waals surface area (Å²) < 4.78 is 6.02. The molecule has 3 aliphatic rings. The average Bonchev–Trinajstić information content (AvgIpc) is 3.35. The molecule has 2 aromatic rings. The highest BCUT2D eigenvalue weighted by Crippen LogP contribution is 2.49. The van der Waals surface area contributed by atoms with E-state index in [0.29, 0.717) is 5.69 Å². The number of halogens is 1. The van der Waals surface area contributed by atoms with E-state index < -0.39 is 12.0 Å². The minimum Gasteiger partial charge on any atom is -0.497 e. The molecule has 0 saturated carbocycles. The third-order valence-electron chi connectivity index (χ3n) is 5.96. The van der Waals surface area contributed by atoms with Crippen molar-refractivity contribution < 1.29 is 14.3 Å². The van der Waals surface area contributed by atoms with Crippen LogP contribution in [0.5, 0.6) is 5.75 Å². The Bertz CT molecular complexity index is 948. The summed E-state index contributed by atoms with van der Waals surface area (Å²) in [4.78, 5) is 28.2. The molecule has 0 aromatic heterocycles. The zero-order valence-corrected chi connectivity index (χ0v) is 17.0. The number of ether oxygens (including phenoxy) is 1. The SMILES string of the molecule is COc1ccc([C@@H]2[C@H]3C(=O)N(c4ccccc4Br)C(=O)[C@@H]3N3CCCN23)cc1. The highest BCUT2D eigenvalue weighted by atomic mass is 79.9. The van der Waals surface area contributed by atoms with E-state index in [4.69, 9.17) is 4.74 Å². The Morgan fingerprint density at radius 3 is 2.29 bits per heavy atom. The summed E-state index contributed by atoms with van der Waals surface area (Å²) in [6.45, 7) is 1.66. The lowest BCUT2D eigenvalue weighted by Gasteiger charge is -2.30. The molecule has 3 atom stereocenters. The highest BCUT2D eigenvalue weighted by Gasteiger charge is 2.62. The molecule has 0 radical (unpaired) electrons. The van der Waals surface area contributed by atoms with Gasteiger partial charge in [0.2, 0.25) is 5.91 Å². The van der Waals surface area contributed by atoms with E-state index in [9.17, 15) is 9.59 Å². The van der Waals surface area contributed by atoms with Crippen LogP contribution in [0.1, 0.15) is 18.0 Å². The van der Waals surface area contributed by atoms with Gasteiger partial charge in [-0.2, -0.15) is 0 Å². The zero-order valence-electron chi connectivity index (χ0n) is 15.4. The molecule has 6 nitrogen and oxygen atoms in total. The highest BCUT2D eigenvalue weighted by molar-refractivity contribution is 9.10. The standard InChI is InChI=1S/C21H20BrN3O3/c1-28-14-9-7-13(8-10-14)18-17-19(24-12-4-11-23(18)24)21(27)25(20(17)26)16-6-3-2-5-15(16)22/h2-3,5-10,17-19H,4,11-12H2,1H3/t17-,18-,19-/m1/s1. The number of imide groups is 1. The second-order valence-corrected chi connectivity index (χ2v) is 8.19. The number of para-hydroxylation sites is 1. The molecule has 0 unspecified atom stereocenters. The van der Waals surface area contributed by atoms with Crippen LogP contribution in [0.2, 0.25) is 0 Å². The fourth-order valence-corrected chi connectivity index (χ4v) is 5.25. The summed E-state index contributed by atoms with van der Waals surface area (Å²) in [5.74, 6) is 0.107. The molecule has 5 rings (SSSR count). The molecule has 144 valence electrons. The molecule has 0 spiro atoms. The van der Waals surface area contributed by atoms with Crippen molar-refractivity contribution in [2.75, 3.05) is 25.1 Å². The van der Waals surface area contributed by atoms with Gasteiger partial charge in [-0.1, -0.05) is 24.3 Å². The average molecular weight is 442 g/mol. The van der Waals surface area contributed by atoms with E-state index in [0.717, 1.165) is 35.3 Å². The quantitative estimate of drug-likeness (QED) is 0.685. The van der Waals surface area contributed by atoms with E-state index in [1.807, 2.05) is 48.5 Å². The minimum atomic E-state index is -0.436. The molecule has 0 aliphatic carbocycles. The molecule has 0 N–H and O–H groups in total. The summed E-state index contributed by atoms with van der Waals surface area (Å²) in [5, 5.41) is 4.32. The third-order valence-corrected chi connectivity index (χ3v) is 6.63. The van der Waals surface area contributed by atoms with Gasteiger partial charge < -0.3 is 4.74 Å². The number of nitrogens with zero attached hydrogens (tertiary/aromatic N) is 3. The number of carbonyl (C=O) groups excluding carboxylic acids is 2. The monoisotopic (exact) mass is 441 g/mol. The summed E-state index contributed by atoms with van der Waals surface area (Å²) in [7, 11) is 1.64. The molecule has 3 saturated heterocycles. The zero-order chi connectivity index (χ0) is 19.4. The largest absolute Gasteiger partial charge is 0.497 e. The summed E-state index contributed by atoms with van der Waals surface area (Å²) in [6.07, 6.45) is 0.992. The maximum Gasteiger partial charge on any atom is 0.253 e. The normalized spacial score (nSPS) is 27.4. The van der Waals surface area contributed by atoms with Crippen molar-refractivity contribution in [2.45, 2.75) is 18.5 Å². The van der Waals surface area contributed by atoms with Crippen LogP contribution in [0, 0.1) is 5.92 Å². The van der Waals surface area contributed by atoms with Gasteiger partial charge in [-0.25, -0.2) is 14.9 Å². The van der Waals surface area contributed by atoms with Crippen LogP contribution >= 0.6 is 15.9 Å². The number of rotatable bonds is 3. The molecule has 2 amide bonds. The van der Waals surface area contributed by atoms with E-state index in [1.165, 1.54) is 4.90 Å². The maximum absolute atomic E-state index is 13.5. The first-order chi connectivity index (χ1) is 13.6. The third kappa shape index (κ3) is 2.46. The Kier molecular flexibility index (Phi) is 4.26. The van der Waals surface area contributed by atoms with E-state index >= 15 is 0 Å². The van der Waals surface area contributed by atoms with Crippen molar-refractivity contribution in [2.24, 2.45) is 5.92 Å². The Hall–Kier alpha value is -2.22. The van der Waals surface area contributed by atoms with Crippen molar-refractivity contribution in [3.05, 3.63) is 58.6 Å². The number of benzene rings is 2. The Balaban J connectivity index is 1.58. The first-order valence-corrected chi connectivity index (χ1v) is 10.2. The van der Waals surface area contributed by atoms with Gasteiger partial charge in [-0.3, -0.25) is 9.59 Å². The van der Waals surface area contributed by atoms with Crippen molar-refractivity contribution in [3.63, 3.8) is 0 Å². The Morgan fingerprint density at radius 1 is 0.929 bits per heavy atom. The fraction of sp³-hybridized carbons (Fsp3) is 0.333. The number of carbonyl (C=O) groups is 2. The second-order valence-electron chi connectivity index (χ2n) is 7.33. The van der Waals surface area contributed by atoms with Crippen LogP contribution in [-0.4, -0.2) is 48.1 Å². The van der Waals surface area contributed by atoms with Gasteiger partial charge in [-0.05, 0) is 52.2 Å². The van der Waals surface area contributed by atoms with Gasteiger partial charge in [0.25, 0.3) is 5.91 Å². The Labute approximate surface area is 171 Å². The van der Waals surface area contributed by atoms with Gasteiger partial charge in [-0.15, -0.1) is 0 Å². The molecule has 3 aliphatic heterocycles. The number of fused-ring (bicyclic) bond motifs is 3. The Morgan fingerprint density at radius 2 is 1.61 bits per heavy atom. The summed E-state index contributed by atoms with van der Waals surface area (Å²) in [5.41, 5.74) is 1.65. The van der Waals surface area contributed by atoms with Crippen LogP contribution in [-0.2, 0) is 9.59 Å². The molecule has 3 fully saturated rings. The lowest BCUT2D eigenvalue weighted by atomic mass is 9.90. The molecular weight excluding hydrogens is 422 g/mol. The van der Waals surface area contributed by atoms with E-state index in [-0.39, 0.29) is 17.9 Å². The molecule has 2 aromatic carbocycles. The molecule has 3 heterocycles. The smallest absolute Gasteiger partial charge is 0.253 e. The van der Waals surface area contributed by atoms with E-state index in [1.54, 1.807) is 7.11 Å². The molecular formula is C21H20BrN3O3. The van der Waals surface area contributed by atoms with Crippen LogP contribution < -0.4 is 9.64 Å². The first kappa shape index (κ1) is 17.8. The van der Waals surface area contributed by atoms with Crippen LogP contribution in [0.4, 0.5) is 5.69 Å². The minimum absolute atomic E-state index is 0.128. The second kappa shape index (κ2) is 6.69. The van der Waals surface area contributed by atoms with E-state index in [2.05, 4.69) is 25.9 Å². The van der Waals surface area contributed by atoms with Gasteiger partial charge >= 0.3 is 0 Å². The first-order valence-electron chi connectivity index (χ1n) is 9.41. The topological polar surface area (TPSA) is 53.1 Å². The lowest BCUT2D eigenvalue weighted by molar-refractivity contribution is -0.126. The predicted octanol–water partition coefficient (Wildman–Crippen LogP) is 2.99.